The van der Waals surface area contributed by atoms with E-state index in [0.717, 1.165) is 5.75 Å². The van der Waals surface area contributed by atoms with Crippen molar-refractivity contribution in [1.29, 1.82) is 5.26 Å². The van der Waals surface area contributed by atoms with E-state index < -0.39 is 5.38 Å². The first-order chi connectivity index (χ1) is 7.54. The van der Waals surface area contributed by atoms with E-state index >= 15 is 0 Å². The average Bonchev–Trinajstić information content (AvgIpc) is 2.25. The standard InChI is InChI=1S/C13H16ClNO/c1-9(2)13-5-4-12(6-10(13)3)16-8-11(14)7-15/h4-6,9,11H,8H2,1-3H3. The fraction of sp³-hybridized carbons (Fsp3) is 0.462. The molecular weight excluding hydrogens is 222 g/mol. The molecule has 1 rings (SSSR count). The van der Waals surface area contributed by atoms with Crippen LogP contribution in [0.3, 0.4) is 0 Å². The van der Waals surface area contributed by atoms with Crippen molar-refractivity contribution in [3.63, 3.8) is 0 Å². The Kier molecular flexibility index (Phi) is 4.64. The van der Waals surface area contributed by atoms with Gasteiger partial charge >= 0.3 is 0 Å². The number of hydrogen-bond acceptors (Lipinski definition) is 2. The zero-order valence-electron chi connectivity index (χ0n) is 9.83. The molecule has 0 aliphatic heterocycles. The zero-order chi connectivity index (χ0) is 12.1. The summed E-state index contributed by atoms with van der Waals surface area (Å²) in [7, 11) is 0. The van der Waals surface area contributed by atoms with Gasteiger partial charge in [0.05, 0.1) is 6.07 Å². The SMILES string of the molecule is Cc1cc(OCC(Cl)C#N)ccc1C(C)C. The lowest BCUT2D eigenvalue weighted by atomic mass is 9.98. The van der Waals surface area contributed by atoms with E-state index in [-0.39, 0.29) is 6.61 Å². The smallest absolute Gasteiger partial charge is 0.154 e. The van der Waals surface area contributed by atoms with E-state index in [1.165, 1.54) is 11.1 Å². The second kappa shape index (κ2) is 5.77. The Morgan fingerprint density at radius 1 is 1.44 bits per heavy atom. The molecule has 0 aromatic heterocycles. The lowest BCUT2D eigenvalue weighted by molar-refractivity contribution is 0.328. The molecule has 0 spiro atoms. The predicted octanol–water partition coefficient (Wildman–Crippen LogP) is 3.63. The second-order valence-corrected chi connectivity index (χ2v) is 4.61. The third-order valence-electron chi connectivity index (χ3n) is 2.40. The third kappa shape index (κ3) is 3.43. The number of nitriles is 1. The normalized spacial score (nSPS) is 12.2. The van der Waals surface area contributed by atoms with Crippen LogP contribution in [-0.4, -0.2) is 12.0 Å². The van der Waals surface area contributed by atoms with Crippen molar-refractivity contribution in [3.05, 3.63) is 29.3 Å². The molecule has 0 saturated heterocycles. The third-order valence-corrected chi connectivity index (χ3v) is 2.62. The van der Waals surface area contributed by atoms with Crippen molar-refractivity contribution in [2.75, 3.05) is 6.61 Å². The molecule has 0 aliphatic rings. The van der Waals surface area contributed by atoms with Crippen molar-refractivity contribution < 1.29 is 4.74 Å². The van der Waals surface area contributed by atoms with Crippen LogP contribution in [-0.2, 0) is 0 Å². The summed E-state index contributed by atoms with van der Waals surface area (Å²) >= 11 is 5.65. The second-order valence-electron chi connectivity index (χ2n) is 4.08. The lowest BCUT2D eigenvalue weighted by Gasteiger charge is -2.12. The molecule has 16 heavy (non-hydrogen) atoms. The molecule has 1 atom stereocenters. The Hall–Kier alpha value is -1.20. The van der Waals surface area contributed by atoms with E-state index in [2.05, 4.69) is 26.8 Å². The summed E-state index contributed by atoms with van der Waals surface area (Å²) in [4.78, 5) is 0. The number of hydrogen-bond donors (Lipinski definition) is 0. The van der Waals surface area contributed by atoms with Gasteiger partial charge in [0, 0.05) is 0 Å². The molecule has 86 valence electrons. The monoisotopic (exact) mass is 237 g/mol. The molecule has 2 nitrogen and oxygen atoms in total. The summed E-state index contributed by atoms with van der Waals surface area (Å²) in [5.74, 6) is 1.27. The van der Waals surface area contributed by atoms with Gasteiger partial charge in [0.2, 0.25) is 0 Å². The highest BCUT2D eigenvalue weighted by atomic mass is 35.5. The van der Waals surface area contributed by atoms with Gasteiger partial charge in [0.1, 0.15) is 12.4 Å². The minimum absolute atomic E-state index is 0.221. The van der Waals surface area contributed by atoms with Crippen LogP contribution >= 0.6 is 11.6 Å². The minimum atomic E-state index is -0.593. The summed E-state index contributed by atoms with van der Waals surface area (Å²) in [6, 6.07) is 7.88. The molecule has 0 aliphatic carbocycles. The van der Waals surface area contributed by atoms with Gasteiger partial charge in [-0.25, -0.2) is 0 Å². The first-order valence-electron chi connectivity index (χ1n) is 5.31. The molecule has 1 unspecified atom stereocenters. The van der Waals surface area contributed by atoms with Crippen molar-refractivity contribution >= 4 is 11.6 Å². The minimum Gasteiger partial charge on any atom is -0.491 e. The van der Waals surface area contributed by atoms with Crippen molar-refractivity contribution in [3.8, 4) is 11.8 Å². The molecule has 0 bridgehead atoms. The zero-order valence-corrected chi connectivity index (χ0v) is 10.6. The maximum atomic E-state index is 8.52. The summed E-state index contributed by atoms with van der Waals surface area (Å²) in [5, 5.41) is 7.93. The Bertz CT molecular complexity index is 395. The number of aryl methyl sites for hydroxylation is 1. The molecule has 0 amide bonds. The highest BCUT2D eigenvalue weighted by Gasteiger charge is 2.06. The van der Waals surface area contributed by atoms with Crippen LogP contribution in [0.5, 0.6) is 5.75 Å². The van der Waals surface area contributed by atoms with E-state index in [0.29, 0.717) is 5.92 Å². The number of benzene rings is 1. The van der Waals surface area contributed by atoms with Gasteiger partial charge in [0.25, 0.3) is 0 Å². The van der Waals surface area contributed by atoms with Crippen LogP contribution < -0.4 is 4.74 Å². The lowest BCUT2D eigenvalue weighted by Crippen LogP contribution is -2.09. The molecule has 0 saturated carbocycles. The van der Waals surface area contributed by atoms with Crippen LogP contribution in [0.1, 0.15) is 30.9 Å². The molecule has 3 heteroatoms. The van der Waals surface area contributed by atoms with Crippen LogP contribution in [0, 0.1) is 18.3 Å². The van der Waals surface area contributed by atoms with E-state index in [4.69, 9.17) is 21.6 Å². The maximum Gasteiger partial charge on any atom is 0.154 e. The van der Waals surface area contributed by atoms with Gasteiger partial charge in [-0.3, -0.25) is 0 Å². The Balaban J connectivity index is 2.71. The fourth-order valence-corrected chi connectivity index (χ4v) is 1.66. The largest absolute Gasteiger partial charge is 0.491 e. The van der Waals surface area contributed by atoms with Gasteiger partial charge in [-0.2, -0.15) is 5.26 Å². The molecule has 0 radical (unpaired) electrons. The van der Waals surface area contributed by atoms with Crippen LogP contribution in [0.15, 0.2) is 18.2 Å². The summed E-state index contributed by atoms with van der Waals surface area (Å²) < 4.78 is 5.42. The molecule has 1 aromatic rings. The Morgan fingerprint density at radius 2 is 2.12 bits per heavy atom. The highest BCUT2D eigenvalue weighted by molar-refractivity contribution is 6.22. The molecule has 0 fully saturated rings. The van der Waals surface area contributed by atoms with Gasteiger partial charge < -0.3 is 4.74 Å². The van der Waals surface area contributed by atoms with Crippen LogP contribution in [0.2, 0.25) is 0 Å². The van der Waals surface area contributed by atoms with Crippen LogP contribution in [0.25, 0.3) is 0 Å². The van der Waals surface area contributed by atoms with Gasteiger partial charge in [-0.05, 0) is 36.1 Å². The number of halogens is 1. The topological polar surface area (TPSA) is 33.0 Å². The van der Waals surface area contributed by atoms with Gasteiger partial charge in [-0.15, -0.1) is 11.6 Å². The predicted molar refractivity (Wildman–Crippen MR) is 66.0 cm³/mol. The van der Waals surface area contributed by atoms with E-state index in [9.17, 15) is 0 Å². The van der Waals surface area contributed by atoms with Gasteiger partial charge in [-0.1, -0.05) is 19.9 Å². The first-order valence-corrected chi connectivity index (χ1v) is 5.75. The molecule has 0 heterocycles. The summed E-state index contributed by atoms with van der Waals surface area (Å²) in [6.45, 7) is 6.60. The highest BCUT2D eigenvalue weighted by Crippen LogP contribution is 2.23. The first kappa shape index (κ1) is 12.9. The maximum absolute atomic E-state index is 8.52. The summed E-state index contributed by atoms with van der Waals surface area (Å²) in [6.07, 6.45) is 0. The Labute approximate surface area is 102 Å². The van der Waals surface area contributed by atoms with Gasteiger partial charge in [0.15, 0.2) is 5.38 Å². The van der Waals surface area contributed by atoms with E-state index in [1.807, 2.05) is 18.2 Å². The Morgan fingerprint density at radius 3 is 2.62 bits per heavy atom. The molecule has 1 aromatic carbocycles. The fourth-order valence-electron chi connectivity index (χ4n) is 1.59. The number of nitrogens with zero attached hydrogens (tertiary/aromatic N) is 1. The van der Waals surface area contributed by atoms with Crippen molar-refractivity contribution in [2.45, 2.75) is 32.1 Å². The quantitative estimate of drug-likeness (QED) is 0.750. The average molecular weight is 238 g/mol. The molecular formula is C13H16ClNO. The molecule has 0 N–H and O–H groups in total. The van der Waals surface area contributed by atoms with Crippen molar-refractivity contribution in [2.24, 2.45) is 0 Å². The van der Waals surface area contributed by atoms with Crippen LogP contribution in [0.4, 0.5) is 0 Å². The van der Waals surface area contributed by atoms with E-state index in [1.54, 1.807) is 0 Å². The number of alkyl halides is 1. The summed E-state index contributed by atoms with van der Waals surface area (Å²) in [5.41, 5.74) is 2.52. The van der Waals surface area contributed by atoms with Crippen molar-refractivity contribution in [1.82, 2.24) is 0 Å². The number of rotatable bonds is 4. The number of ether oxygens (including phenoxy) is 1.